The highest BCUT2D eigenvalue weighted by molar-refractivity contribution is 7.90. The molecule has 7 heteroatoms. The Kier molecular flexibility index (Phi) is 3.97. The quantitative estimate of drug-likeness (QED) is 0.862. The van der Waals surface area contributed by atoms with Crippen LogP contribution in [0.15, 0.2) is 11.0 Å². The molecule has 0 saturated carbocycles. The van der Waals surface area contributed by atoms with Crippen LogP contribution in [0, 0.1) is 0 Å². The maximum atomic E-state index is 11.8. The number of rotatable bonds is 3. The van der Waals surface area contributed by atoms with E-state index < -0.39 is 9.84 Å². The zero-order valence-electron chi connectivity index (χ0n) is 11.3. The second-order valence-corrected chi connectivity index (χ2v) is 7.40. The van der Waals surface area contributed by atoms with E-state index in [2.05, 4.69) is 0 Å². The number of sulfone groups is 1. The molecule has 20 heavy (non-hydrogen) atoms. The normalized spacial score (nSPS) is 14.2. The molecule has 1 aromatic carbocycles. The predicted molar refractivity (Wildman–Crippen MR) is 75.3 cm³/mol. The molecule has 5 nitrogen and oxygen atoms in total. The van der Waals surface area contributed by atoms with E-state index >= 15 is 0 Å². The summed E-state index contributed by atoms with van der Waals surface area (Å²) in [7, 11) is -3.53. The fraction of sp³-hybridized carbons (Fsp3) is 0.462. The van der Waals surface area contributed by atoms with Gasteiger partial charge in [0.25, 0.3) is 0 Å². The van der Waals surface area contributed by atoms with Gasteiger partial charge < -0.3 is 5.11 Å². The van der Waals surface area contributed by atoms with Crippen LogP contribution in [-0.2, 0) is 34.0 Å². The average molecular weight is 318 g/mol. The van der Waals surface area contributed by atoms with Crippen molar-refractivity contribution in [2.75, 3.05) is 6.26 Å². The lowest BCUT2D eigenvalue weighted by atomic mass is 10.0. The van der Waals surface area contributed by atoms with Crippen LogP contribution in [-0.4, -0.2) is 30.1 Å². The Hall–Kier alpha value is -1.27. The van der Waals surface area contributed by atoms with Gasteiger partial charge in [0.2, 0.25) is 5.91 Å². The molecule has 1 aliphatic rings. The third-order valence-electron chi connectivity index (χ3n) is 3.49. The number of aryl methyl sites for hydroxylation is 1. The first kappa shape index (κ1) is 15.1. The maximum absolute atomic E-state index is 11.8. The number of phenolic OH excluding ortho intramolecular Hbond substituents is 1. The molecular formula is C13H16ClNO4S. The molecule has 0 spiro atoms. The highest BCUT2D eigenvalue weighted by Crippen LogP contribution is 2.37. The van der Waals surface area contributed by atoms with Crippen LogP contribution >= 0.6 is 11.8 Å². The Morgan fingerprint density at radius 3 is 2.65 bits per heavy atom. The van der Waals surface area contributed by atoms with Gasteiger partial charge >= 0.3 is 0 Å². The molecule has 0 saturated heterocycles. The van der Waals surface area contributed by atoms with Crippen molar-refractivity contribution in [3.05, 3.63) is 22.8 Å². The molecule has 0 atom stereocenters. The Morgan fingerprint density at radius 1 is 1.45 bits per heavy atom. The van der Waals surface area contributed by atoms with Gasteiger partial charge in [0.05, 0.1) is 6.54 Å². The van der Waals surface area contributed by atoms with E-state index in [1.165, 1.54) is 13.0 Å². The van der Waals surface area contributed by atoms with Crippen molar-refractivity contribution in [1.29, 1.82) is 0 Å². The minimum absolute atomic E-state index is 0.00554. The van der Waals surface area contributed by atoms with E-state index in [0.29, 0.717) is 5.56 Å². The number of nitrogens with zero attached hydrogens (tertiary/aromatic N) is 1. The molecule has 1 aromatic rings. The number of carbonyl (C=O) groups excluding carboxylic acids is 1. The van der Waals surface area contributed by atoms with Crippen LogP contribution in [0.2, 0.25) is 0 Å². The molecule has 0 bridgehead atoms. The van der Waals surface area contributed by atoms with Crippen molar-refractivity contribution in [3.8, 4) is 5.75 Å². The summed E-state index contributed by atoms with van der Waals surface area (Å²) in [4.78, 5) is 11.1. The Morgan fingerprint density at radius 2 is 2.10 bits per heavy atom. The molecule has 1 N–H and O–H groups in total. The molecule has 1 aliphatic carbocycles. The fourth-order valence-corrected chi connectivity index (χ4v) is 3.44. The number of halogens is 1. The molecule has 0 unspecified atom stereocenters. The summed E-state index contributed by atoms with van der Waals surface area (Å²) in [5.74, 6) is -0.650. The first-order valence-electron chi connectivity index (χ1n) is 6.22. The molecular weight excluding hydrogens is 302 g/mol. The molecule has 2 rings (SSSR count). The first-order valence-corrected chi connectivity index (χ1v) is 8.45. The van der Waals surface area contributed by atoms with Crippen molar-refractivity contribution in [3.63, 3.8) is 0 Å². The lowest BCUT2D eigenvalue weighted by Gasteiger charge is -2.18. The number of hydrogen-bond acceptors (Lipinski definition) is 4. The molecule has 0 aromatic heterocycles. The summed E-state index contributed by atoms with van der Waals surface area (Å²) in [6.07, 6.45) is 3.48. The topological polar surface area (TPSA) is 74.7 Å². The van der Waals surface area contributed by atoms with E-state index in [9.17, 15) is 18.3 Å². The summed E-state index contributed by atoms with van der Waals surface area (Å²) in [5.41, 5.74) is 2.25. The van der Waals surface area contributed by atoms with Gasteiger partial charge in [-0.2, -0.15) is 0 Å². The highest BCUT2D eigenvalue weighted by atomic mass is 35.5. The van der Waals surface area contributed by atoms with Crippen molar-refractivity contribution in [1.82, 2.24) is 4.42 Å². The highest BCUT2D eigenvalue weighted by Gasteiger charge is 2.26. The SMILES string of the molecule is CC(=O)N(Cl)Cc1c(O)c(S(C)(=O)=O)cc2c1CCC2. The first-order chi connectivity index (χ1) is 9.21. The van der Waals surface area contributed by atoms with Gasteiger partial charge in [0.1, 0.15) is 10.6 Å². The summed E-state index contributed by atoms with van der Waals surface area (Å²) in [6, 6.07) is 1.53. The number of aromatic hydroxyl groups is 1. The number of amides is 1. The van der Waals surface area contributed by atoms with E-state index in [-0.39, 0.29) is 23.1 Å². The third-order valence-corrected chi connectivity index (χ3v) is 4.96. The molecule has 0 radical (unpaired) electrons. The summed E-state index contributed by atoms with van der Waals surface area (Å²) >= 11 is 5.81. The minimum Gasteiger partial charge on any atom is -0.506 e. The van der Waals surface area contributed by atoms with Gasteiger partial charge in [-0.15, -0.1) is 0 Å². The predicted octanol–water partition coefficient (Wildman–Crippen LogP) is 1.79. The van der Waals surface area contributed by atoms with E-state index in [4.69, 9.17) is 11.8 Å². The number of hydrogen-bond donors (Lipinski definition) is 1. The fourth-order valence-electron chi connectivity index (χ4n) is 2.49. The second-order valence-electron chi connectivity index (χ2n) is 5.00. The lowest BCUT2D eigenvalue weighted by Crippen LogP contribution is -2.19. The van der Waals surface area contributed by atoms with Crippen LogP contribution in [0.5, 0.6) is 5.75 Å². The van der Waals surface area contributed by atoms with Crippen molar-refractivity contribution in [2.45, 2.75) is 37.6 Å². The van der Waals surface area contributed by atoms with Crippen LogP contribution < -0.4 is 0 Å². The average Bonchev–Trinajstić information content (AvgIpc) is 2.78. The smallest absolute Gasteiger partial charge is 0.234 e. The maximum Gasteiger partial charge on any atom is 0.234 e. The summed E-state index contributed by atoms with van der Waals surface area (Å²) in [6.45, 7) is 1.30. The van der Waals surface area contributed by atoms with Crippen molar-refractivity contribution >= 4 is 27.5 Å². The van der Waals surface area contributed by atoms with E-state index in [1.807, 2.05) is 0 Å². The Bertz CT molecular complexity index is 669. The molecule has 0 heterocycles. The standard InChI is InChI=1S/C13H16ClNO4S/c1-8(16)15(14)7-11-10-5-3-4-9(10)6-12(13(11)17)20(2,18)19/h6,17H,3-5,7H2,1-2H3. The van der Waals surface area contributed by atoms with Crippen LogP contribution in [0.25, 0.3) is 0 Å². The number of benzene rings is 1. The minimum atomic E-state index is -3.53. The zero-order chi connectivity index (χ0) is 15.1. The van der Waals surface area contributed by atoms with Crippen LogP contribution in [0.3, 0.4) is 0 Å². The zero-order valence-corrected chi connectivity index (χ0v) is 12.9. The van der Waals surface area contributed by atoms with E-state index in [1.54, 1.807) is 0 Å². The second kappa shape index (κ2) is 5.26. The molecule has 0 fully saturated rings. The lowest BCUT2D eigenvalue weighted by molar-refractivity contribution is -0.124. The number of carbonyl (C=O) groups is 1. The van der Waals surface area contributed by atoms with Crippen LogP contribution in [0.1, 0.15) is 30.0 Å². The van der Waals surface area contributed by atoms with Crippen LogP contribution in [0.4, 0.5) is 0 Å². The third kappa shape index (κ3) is 2.76. The monoisotopic (exact) mass is 317 g/mol. The van der Waals surface area contributed by atoms with Crippen molar-refractivity contribution < 1.29 is 18.3 Å². The number of phenols is 1. The molecule has 1 amide bonds. The van der Waals surface area contributed by atoms with E-state index in [0.717, 1.165) is 41.1 Å². The molecule has 0 aliphatic heterocycles. The van der Waals surface area contributed by atoms with Gasteiger partial charge in [-0.25, -0.2) is 8.42 Å². The molecule has 110 valence electrons. The van der Waals surface area contributed by atoms with Gasteiger partial charge in [0.15, 0.2) is 9.84 Å². The number of fused-ring (bicyclic) bond motifs is 1. The summed E-state index contributed by atoms with van der Waals surface area (Å²) in [5, 5.41) is 10.2. The van der Waals surface area contributed by atoms with Crippen molar-refractivity contribution in [2.24, 2.45) is 0 Å². The van der Waals surface area contributed by atoms with Gasteiger partial charge in [-0.3, -0.25) is 9.21 Å². The summed E-state index contributed by atoms with van der Waals surface area (Å²) < 4.78 is 24.4. The Labute approximate surface area is 123 Å². The van der Waals surface area contributed by atoms with Gasteiger partial charge in [0, 0.05) is 30.5 Å². The van der Waals surface area contributed by atoms with Gasteiger partial charge in [-0.1, -0.05) is 0 Å². The largest absolute Gasteiger partial charge is 0.506 e. The Balaban J connectivity index is 2.60. The van der Waals surface area contributed by atoms with Gasteiger partial charge in [-0.05, 0) is 36.5 Å².